The monoisotopic (exact) mass is 386 g/mol. The van der Waals surface area contributed by atoms with Crippen LogP contribution >= 0.6 is 0 Å². The van der Waals surface area contributed by atoms with E-state index in [2.05, 4.69) is 72.5 Å². The molecule has 1 amide bonds. The molecule has 2 aromatic carbocycles. The van der Waals surface area contributed by atoms with Crippen molar-refractivity contribution in [3.05, 3.63) is 82.7 Å². The summed E-state index contributed by atoms with van der Waals surface area (Å²) in [6.45, 7) is 7.76. The number of para-hydroxylation sites is 1. The van der Waals surface area contributed by atoms with E-state index in [4.69, 9.17) is 0 Å². The zero-order valence-electron chi connectivity index (χ0n) is 17.1. The minimum Gasteiger partial charge on any atom is -0.334 e. The van der Waals surface area contributed by atoms with Gasteiger partial charge in [0.2, 0.25) is 5.95 Å². The quantitative estimate of drug-likeness (QED) is 0.696. The fourth-order valence-corrected chi connectivity index (χ4v) is 3.81. The second-order valence-electron chi connectivity index (χ2n) is 7.86. The normalized spacial score (nSPS) is 13.3. The van der Waals surface area contributed by atoms with Gasteiger partial charge in [0.25, 0.3) is 5.91 Å². The number of hydrogen-bond donors (Lipinski definition) is 1. The van der Waals surface area contributed by atoms with Crippen LogP contribution in [0, 0.1) is 6.92 Å². The van der Waals surface area contributed by atoms with Gasteiger partial charge in [0.1, 0.15) is 0 Å². The van der Waals surface area contributed by atoms with Crippen molar-refractivity contribution in [2.45, 2.75) is 39.7 Å². The van der Waals surface area contributed by atoms with Crippen LogP contribution in [0.1, 0.15) is 52.4 Å². The summed E-state index contributed by atoms with van der Waals surface area (Å²) in [5.74, 6) is 0.867. The van der Waals surface area contributed by atoms with E-state index in [9.17, 15) is 4.79 Å². The third kappa shape index (κ3) is 3.99. The Labute approximate surface area is 171 Å². The zero-order chi connectivity index (χ0) is 20.4. The molecule has 0 saturated carbocycles. The minimum absolute atomic E-state index is 0.0233. The molecule has 4 rings (SSSR count). The van der Waals surface area contributed by atoms with Crippen LogP contribution in [0.15, 0.2) is 54.9 Å². The van der Waals surface area contributed by atoms with Crippen molar-refractivity contribution < 1.29 is 4.79 Å². The number of nitrogens with zero attached hydrogens (tertiary/aromatic N) is 3. The molecule has 2 heterocycles. The summed E-state index contributed by atoms with van der Waals surface area (Å²) < 4.78 is 0. The molecule has 148 valence electrons. The maximum atomic E-state index is 12.9. The van der Waals surface area contributed by atoms with Crippen LogP contribution in [0.25, 0.3) is 0 Å². The van der Waals surface area contributed by atoms with E-state index in [1.54, 1.807) is 12.4 Å². The molecule has 29 heavy (non-hydrogen) atoms. The first-order valence-electron chi connectivity index (χ1n) is 10.1. The fourth-order valence-electron chi connectivity index (χ4n) is 3.81. The standard InChI is InChI=1S/C24H26N4O/c1-16(2)21-10-6-7-17(3)22(21)27-24-25-13-20(14-26-24)23(29)28-12-11-18-8-4-5-9-19(18)15-28/h4-10,13-14,16H,11-12,15H2,1-3H3,(H,25,26,27). The molecule has 0 unspecified atom stereocenters. The average Bonchev–Trinajstić information content (AvgIpc) is 2.74. The topological polar surface area (TPSA) is 58.1 Å². The number of carbonyl (C=O) groups excluding carboxylic acids is 1. The second kappa shape index (κ2) is 8.03. The number of anilines is 2. The van der Waals surface area contributed by atoms with E-state index in [0.29, 0.717) is 24.0 Å². The molecule has 0 saturated heterocycles. The van der Waals surface area contributed by atoms with Gasteiger partial charge in [-0.3, -0.25) is 4.79 Å². The number of nitrogens with one attached hydrogen (secondary N) is 1. The molecule has 0 atom stereocenters. The van der Waals surface area contributed by atoms with Crippen LogP contribution in [0.3, 0.4) is 0 Å². The largest absolute Gasteiger partial charge is 0.334 e. The Morgan fingerprint density at radius 2 is 1.76 bits per heavy atom. The molecule has 1 aliphatic rings. The Morgan fingerprint density at radius 1 is 1.03 bits per heavy atom. The highest BCUT2D eigenvalue weighted by Crippen LogP contribution is 2.29. The molecule has 3 aromatic rings. The van der Waals surface area contributed by atoms with Gasteiger partial charge in [0, 0.05) is 31.2 Å². The van der Waals surface area contributed by atoms with Gasteiger partial charge < -0.3 is 10.2 Å². The fraction of sp³-hybridized carbons (Fsp3) is 0.292. The van der Waals surface area contributed by atoms with E-state index in [-0.39, 0.29) is 5.91 Å². The first-order valence-corrected chi connectivity index (χ1v) is 10.1. The maximum Gasteiger partial charge on any atom is 0.257 e. The summed E-state index contributed by atoms with van der Waals surface area (Å²) >= 11 is 0. The first-order chi connectivity index (χ1) is 14.0. The van der Waals surface area contributed by atoms with Crippen LogP contribution in [0.2, 0.25) is 0 Å². The predicted octanol–water partition coefficient (Wildman–Crippen LogP) is 4.85. The maximum absolute atomic E-state index is 12.9. The van der Waals surface area contributed by atoms with Crippen molar-refractivity contribution in [1.82, 2.24) is 14.9 Å². The van der Waals surface area contributed by atoms with Gasteiger partial charge in [0.05, 0.1) is 5.56 Å². The zero-order valence-corrected chi connectivity index (χ0v) is 17.1. The number of hydrogen-bond acceptors (Lipinski definition) is 4. The van der Waals surface area contributed by atoms with Gasteiger partial charge in [-0.05, 0) is 41.5 Å². The Balaban J connectivity index is 1.50. The van der Waals surface area contributed by atoms with Gasteiger partial charge in [-0.15, -0.1) is 0 Å². The SMILES string of the molecule is Cc1cccc(C(C)C)c1Nc1ncc(C(=O)N2CCc3ccccc3C2)cn1. The average molecular weight is 386 g/mol. The van der Waals surface area contributed by atoms with Gasteiger partial charge in [-0.1, -0.05) is 56.3 Å². The number of aromatic nitrogens is 2. The molecular formula is C24H26N4O. The molecule has 5 heteroatoms. The van der Waals surface area contributed by atoms with Crippen molar-refractivity contribution >= 4 is 17.5 Å². The minimum atomic E-state index is -0.0233. The predicted molar refractivity (Wildman–Crippen MR) is 115 cm³/mol. The van der Waals surface area contributed by atoms with E-state index < -0.39 is 0 Å². The number of amides is 1. The number of benzene rings is 2. The van der Waals surface area contributed by atoms with Crippen LogP contribution in [0.5, 0.6) is 0 Å². The van der Waals surface area contributed by atoms with E-state index >= 15 is 0 Å². The van der Waals surface area contributed by atoms with Crippen LogP contribution in [-0.4, -0.2) is 27.3 Å². The highest BCUT2D eigenvalue weighted by molar-refractivity contribution is 5.93. The molecule has 1 aliphatic heterocycles. The van der Waals surface area contributed by atoms with Crippen molar-refractivity contribution in [3.63, 3.8) is 0 Å². The van der Waals surface area contributed by atoms with Gasteiger partial charge >= 0.3 is 0 Å². The first kappa shape index (κ1) is 19.1. The lowest BCUT2D eigenvalue weighted by molar-refractivity contribution is 0.0734. The third-order valence-electron chi connectivity index (χ3n) is 5.48. The Morgan fingerprint density at radius 3 is 2.48 bits per heavy atom. The number of fused-ring (bicyclic) bond motifs is 1. The Kier molecular flexibility index (Phi) is 5.30. The summed E-state index contributed by atoms with van der Waals surface area (Å²) in [6, 6.07) is 14.6. The van der Waals surface area contributed by atoms with Crippen LogP contribution in [-0.2, 0) is 13.0 Å². The Hall–Kier alpha value is -3.21. The van der Waals surface area contributed by atoms with Crippen LogP contribution in [0.4, 0.5) is 11.6 Å². The molecular weight excluding hydrogens is 360 g/mol. The lowest BCUT2D eigenvalue weighted by atomic mass is 9.98. The van der Waals surface area contributed by atoms with E-state index in [1.165, 1.54) is 16.7 Å². The van der Waals surface area contributed by atoms with Crippen molar-refractivity contribution in [2.24, 2.45) is 0 Å². The summed E-state index contributed by atoms with van der Waals surface area (Å²) in [5, 5.41) is 3.33. The highest BCUT2D eigenvalue weighted by atomic mass is 16.2. The summed E-state index contributed by atoms with van der Waals surface area (Å²) in [7, 11) is 0. The molecule has 1 N–H and O–H groups in total. The number of aryl methyl sites for hydroxylation is 1. The lowest BCUT2D eigenvalue weighted by Gasteiger charge is -2.28. The summed E-state index contributed by atoms with van der Waals surface area (Å²) in [5.41, 5.74) is 6.46. The third-order valence-corrected chi connectivity index (χ3v) is 5.48. The number of rotatable bonds is 4. The summed E-state index contributed by atoms with van der Waals surface area (Å²) in [4.78, 5) is 23.6. The van der Waals surface area contributed by atoms with E-state index in [1.807, 2.05) is 11.0 Å². The van der Waals surface area contributed by atoms with Crippen LogP contribution < -0.4 is 5.32 Å². The molecule has 5 nitrogen and oxygen atoms in total. The Bertz CT molecular complexity index is 1030. The van der Waals surface area contributed by atoms with Gasteiger partial charge in [-0.25, -0.2) is 9.97 Å². The van der Waals surface area contributed by atoms with E-state index in [0.717, 1.165) is 24.2 Å². The van der Waals surface area contributed by atoms with Crippen molar-refractivity contribution in [1.29, 1.82) is 0 Å². The molecule has 0 radical (unpaired) electrons. The molecule has 0 spiro atoms. The molecule has 0 bridgehead atoms. The molecule has 1 aromatic heterocycles. The number of carbonyl (C=O) groups is 1. The molecule has 0 aliphatic carbocycles. The highest BCUT2D eigenvalue weighted by Gasteiger charge is 2.22. The van der Waals surface area contributed by atoms with Crippen molar-refractivity contribution in [3.8, 4) is 0 Å². The van der Waals surface area contributed by atoms with Gasteiger partial charge in [0.15, 0.2) is 0 Å². The lowest BCUT2D eigenvalue weighted by Crippen LogP contribution is -2.36. The smallest absolute Gasteiger partial charge is 0.257 e. The van der Waals surface area contributed by atoms with Crippen molar-refractivity contribution in [2.75, 3.05) is 11.9 Å². The second-order valence-corrected chi connectivity index (χ2v) is 7.86. The van der Waals surface area contributed by atoms with Gasteiger partial charge in [-0.2, -0.15) is 0 Å². The summed E-state index contributed by atoms with van der Waals surface area (Å²) in [6.07, 6.45) is 4.12. The molecule has 0 fully saturated rings.